The number of methoxy groups -OCH3 is 1. The van der Waals surface area contributed by atoms with E-state index in [2.05, 4.69) is 11.0 Å². The lowest BCUT2D eigenvalue weighted by Gasteiger charge is -2.32. The van der Waals surface area contributed by atoms with Crippen molar-refractivity contribution in [3.05, 3.63) is 58.6 Å². The maximum atomic E-state index is 13.1. The van der Waals surface area contributed by atoms with E-state index in [0.717, 1.165) is 37.2 Å². The average Bonchev–Trinajstić information content (AvgIpc) is 2.72. The number of carbonyl (C=O) groups excluding carboxylic acids is 1. The molecule has 0 aliphatic carbocycles. The molecule has 1 saturated heterocycles. The molecule has 3 rings (SSSR count). The van der Waals surface area contributed by atoms with Gasteiger partial charge in [-0.15, -0.1) is 0 Å². The number of hydrogen-bond acceptors (Lipinski definition) is 5. The van der Waals surface area contributed by atoms with Crippen molar-refractivity contribution in [2.45, 2.75) is 19.4 Å². The van der Waals surface area contributed by atoms with E-state index in [9.17, 15) is 4.79 Å². The quantitative estimate of drug-likeness (QED) is 0.679. The van der Waals surface area contributed by atoms with Gasteiger partial charge in [-0.25, -0.2) is 0 Å². The van der Waals surface area contributed by atoms with Crippen LogP contribution >= 0.6 is 11.6 Å². The Morgan fingerprint density at radius 1 is 1.29 bits per heavy atom. The summed E-state index contributed by atoms with van der Waals surface area (Å²) >= 11 is 6.10. The highest BCUT2D eigenvalue weighted by atomic mass is 35.5. The summed E-state index contributed by atoms with van der Waals surface area (Å²) in [6.07, 6.45) is 1.84. The Hall–Kier alpha value is -2.08. The molecule has 6 heteroatoms. The summed E-state index contributed by atoms with van der Waals surface area (Å²) in [7, 11) is 1.57. The minimum absolute atomic E-state index is 0.00684. The van der Waals surface area contributed by atoms with Crippen molar-refractivity contribution in [3.63, 3.8) is 0 Å². The molecular weight excluding hydrogens is 378 g/mol. The molecule has 1 N–H and O–H groups in total. The van der Waals surface area contributed by atoms with E-state index < -0.39 is 0 Å². The maximum Gasteiger partial charge on any atom is 0.170 e. The van der Waals surface area contributed by atoms with Crippen molar-refractivity contribution in [1.29, 1.82) is 0 Å². The molecule has 2 aromatic carbocycles. The van der Waals surface area contributed by atoms with Gasteiger partial charge in [0, 0.05) is 24.0 Å². The third kappa shape index (κ3) is 5.25. The number of halogens is 1. The van der Waals surface area contributed by atoms with Crippen molar-refractivity contribution >= 4 is 17.4 Å². The van der Waals surface area contributed by atoms with E-state index in [1.165, 1.54) is 0 Å². The fraction of sp³-hybridized carbons (Fsp3) is 0.409. The first-order valence-electron chi connectivity index (χ1n) is 9.53. The zero-order chi connectivity index (χ0) is 19.9. The van der Waals surface area contributed by atoms with E-state index in [4.69, 9.17) is 26.2 Å². The number of likely N-dealkylation sites (tertiary alicyclic amines) is 1. The first kappa shape index (κ1) is 20.6. The van der Waals surface area contributed by atoms with Crippen LogP contribution in [0.25, 0.3) is 0 Å². The largest absolute Gasteiger partial charge is 0.496 e. The summed E-state index contributed by atoms with van der Waals surface area (Å²) in [6, 6.07) is 13.0. The highest BCUT2D eigenvalue weighted by Gasteiger charge is 2.28. The van der Waals surface area contributed by atoms with Crippen LogP contribution in [0.2, 0.25) is 5.02 Å². The summed E-state index contributed by atoms with van der Waals surface area (Å²) < 4.78 is 10.8. The Morgan fingerprint density at radius 3 is 2.93 bits per heavy atom. The van der Waals surface area contributed by atoms with Gasteiger partial charge in [-0.1, -0.05) is 23.7 Å². The predicted molar refractivity (Wildman–Crippen MR) is 109 cm³/mol. The second-order valence-corrected chi connectivity index (χ2v) is 7.44. The number of ether oxygens (including phenoxy) is 2. The number of aliphatic hydroxyl groups is 1. The Labute approximate surface area is 170 Å². The third-order valence-electron chi connectivity index (χ3n) is 4.97. The number of nitrogens with zero attached hydrogens (tertiary/aromatic N) is 1. The number of rotatable bonds is 8. The Bertz CT molecular complexity index is 811. The van der Waals surface area contributed by atoms with Crippen molar-refractivity contribution in [2.75, 3.05) is 33.4 Å². The smallest absolute Gasteiger partial charge is 0.170 e. The normalized spacial score (nSPS) is 17.3. The van der Waals surface area contributed by atoms with Crippen LogP contribution in [0.3, 0.4) is 0 Å². The summed E-state index contributed by atoms with van der Waals surface area (Å²) in [5.74, 6) is 1.33. The highest BCUT2D eigenvalue weighted by molar-refractivity contribution is 6.31. The molecule has 1 unspecified atom stereocenters. The minimum atomic E-state index is -0.0741. The standard InChI is InChI=1S/C22H26ClNO4/c1-27-21-8-7-18(23)13-20(21)22(26)17-5-3-9-24(15-17)14-16-4-2-6-19(12-16)28-11-10-25/h2,4,6-8,12-13,17,25H,3,5,9-11,14-15H2,1H3. The zero-order valence-corrected chi connectivity index (χ0v) is 16.8. The Morgan fingerprint density at radius 2 is 2.14 bits per heavy atom. The van der Waals surface area contributed by atoms with Gasteiger partial charge in [0.15, 0.2) is 5.78 Å². The zero-order valence-electron chi connectivity index (χ0n) is 16.1. The van der Waals surface area contributed by atoms with E-state index in [-0.39, 0.29) is 24.9 Å². The number of benzene rings is 2. The second-order valence-electron chi connectivity index (χ2n) is 7.00. The molecule has 0 aromatic heterocycles. The van der Waals surface area contributed by atoms with Crippen molar-refractivity contribution in [2.24, 2.45) is 5.92 Å². The van der Waals surface area contributed by atoms with Gasteiger partial charge in [0.1, 0.15) is 18.1 Å². The molecule has 0 bridgehead atoms. The number of Topliss-reactive ketones (excluding diaryl/α,β-unsaturated/α-hetero) is 1. The van der Waals surface area contributed by atoms with Gasteiger partial charge < -0.3 is 14.6 Å². The number of aliphatic hydroxyl groups excluding tert-OH is 1. The fourth-order valence-corrected chi connectivity index (χ4v) is 3.83. The van der Waals surface area contributed by atoms with E-state index >= 15 is 0 Å². The summed E-state index contributed by atoms with van der Waals surface area (Å²) in [4.78, 5) is 15.4. The topological polar surface area (TPSA) is 59.0 Å². The molecule has 150 valence electrons. The van der Waals surface area contributed by atoms with Crippen molar-refractivity contribution < 1.29 is 19.4 Å². The van der Waals surface area contributed by atoms with E-state index in [0.29, 0.717) is 22.9 Å². The molecule has 1 heterocycles. The Kier molecular flexibility index (Phi) is 7.31. The Balaban J connectivity index is 1.67. The van der Waals surface area contributed by atoms with E-state index in [1.807, 2.05) is 18.2 Å². The molecule has 28 heavy (non-hydrogen) atoms. The fourth-order valence-electron chi connectivity index (χ4n) is 3.66. The van der Waals surface area contributed by atoms with Crippen LogP contribution in [0.4, 0.5) is 0 Å². The lowest BCUT2D eigenvalue weighted by molar-refractivity contribution is 0.0808. The van der Waals surface area contributed by atoms with Crippen LogP contribution in [-0.4, -0.2) is 49.2 Å². The summed E-state index contributed by atoms with van der Waals surface area (Å²) in [6.45, 7) is 2.69. The van der Waals surface area contributed by atoms with Gasteiger partial charge in [-0.2, -0.15) is 0 Å². The molecule has 2 aromatic rings. The van der Waals surface area contributed by atoms with Crippen LogP contribution in [0.1, 0.15) is 28.8 Å². The van der Waals surface area contributed by atoms with Gasteiger partial charge in [0.05, 0.1) is 19.3 Å². The first-order chi connectivity index (χ1) is 13.6. The average molecular weight is 404 g/mol. The van der Waals surface area contributed by atoms with Gasteiger partial charge in [0.2, 0.25) is 0 Å². The third-order valence-corrected chi connectivity index (χ3v) is 5.20. The molecule has 0 spiro atoms. The number of hydrogen-bond donors (Lipinski definition) is 1. The second kappa shape index (κ2) is 9.92. The number of ketones is 1. The van der Waals surface area contributed by atoms with Crippen LogP contribution in [0, 0.1) is 5.92 Å². The molecule has 5 nitrogen and oxygen atoms in total. The van der Waals surface area contributed by atoms with Crippen LogP contribution in [0.15, 0.2) is 42.5 Å². The van der Waals surface area contributed by atoms with Gasteiger partial charge >= 0.3 is 0 Å². The summed E-state index contributed by atoms with van der Waals surface area (Å²) in [5, 5.41) is 9.44. The van der Waals surface area contributed by atoms with Crippen molar-refractivity contribution in [3.8, 4) is 11.5 Å². The van der Waals surface area contributed by atoms with Gasteiger partial charge in [0.25, 0.3) is 0 Å². The molecule has 1 fully saturated rings. The lowest BCUT2D eigenvalue weighted by Crippen LogP contribution is -2.38. The number of carbonyl (C=O) groups is 1. The SMILES string of the molecule is COc1ccc(Cl)cc1C(=O)C1CCCN(Cc2cccc(OCCO)c2)C1. The predicted octanol–water partition coefficient (Wildman–Crippen LogP) is 3.81. The lowest BCUT2D eigenvalue weighted by atomic mass is 9.89. The highest BCUT2D eigenvalue weighted by Crippen LogP contribution is 2.29. The monoisotopic (exact) mass is 403 g/mol. The van der Waals surface area contributed by atoms with E-state index in [1.54, 1.807) is 25.3 Å². The first-order valence-corrected chi connectivity index (χ1v) is 9.91. The molecule has 0 amide bonds. The van der Waals surface area contributed by atoms with Crippen molar-refractivity contribution in [1.82, 2.24) is 4.90 Å². The number of piperidine rings is 1. The van der Waals surface area contributed by atoms with Crippen LogP contribution in [0.5, 0.6) is 11.5 Å². The molecule has 0 radical (unpaired) electrons. The van der Waals surface area contributed by atoms with Crippen LogP contribution < -0.4 is 9.47 Å². The van der Waals surface area contributed by atoms with Gasteiger partial charge in [-0.05, 0) is 55.3 Å². The molecular formula is C22H26ClNO4. The molecule has 0 saturated carbocycles. The van der Waals surface area contributed by atoms with Crippen LogP contribution in [-0.2, 0) is 6.54 Å². The summed E-state index contributed by atoms with van der Waals surface area (Å²) in [5.41, 5.74) is 1.69. The minimum Gasteiger partial charge on any atom is -0.496 e. The molecule has 1 atom stereocenters. The maximum absolute atomic E-state index is 13.1. The molecule has 1 aliphatic heterocycles. The van der Waals surface area contributed by atoms with Gasteiger partial charge in [-0.3, -0.25) is 9.69 Å². The molecule has 1 aliphatic rings.